The van der Waals surface area contributed by atoms with Gasteiger partial charge in [-0.25, -0.2) is 4.98 Å². The maximum atomic E-state index is 13.2. The molecule has 0 radical (unpaired) electrons. The highest BCUT2D eigenvalue weighted by molar-refractivity contribution is 5.95. The highest BCUT2D eigenvalue weighted by Gasteiger charge is 2.29. The first kappa shape index (κ1) is 22.6. The summed E-state index contributed by atoms with van der Waals surface area (Å²) < 4.78 is 3.38. The fourth-order valence-electron chi connectivity index (χ4n) is 4.73. The molecule has 4 heterocycles. The molecule has 0 saturated heterocycles. The van der Waals surface area contributed by atoms with Crippen LogP contribution in [-0.2, 0) is 35.5 Å². The molecule has 0 spiro atoms. The van der Waals surface area contributed by atoms with Gasteiger partial charge in [-0.3, -0.25) is 14.4 Å². The summed E-state index contributed by atoms with van der Waals surface area (Å²) in [5, 5.41) is 5.71. The van der Waals surface area contributed by atoms with Crippen molar-refractivity contribution in [2.45, 2.75) is 39.8 Å². The van der Waals surface area contributed by atoms with E-state index in [1.807, 2.05) is 73.0 Å². The SMILES string of the molecule is Cc1cc2c(c(=O)n1CC(=O)NCc1ccc3nccn3c1C)NC(=O)C(Cc1ccccc1)C2. The first-order valence-corrected chi connectivity index (χ1v) is 11.7. The predicted octanol–water partition coefficient (Wildman–Crippen LogP) is 2.78. The Labute approximate surface area is 202 Å². The topological polar surface area (TPSA) is 97.5 Å². The highest BCUT2D eigenvalue weighted by Crippen LogP contribution is 2.26. The molecule has 35 heavy (non-hydrogen) atoms. The number of hydrogen-bond acceptors (Lipinski definition) is 4. The van der Waals surface area contributed by atoms with Gasteiger partial charge in [0.05, 0.1) is 0 Å². The quantitative estimate of drug-likeness (QED) is 0.454. The van der Waals surface area contributed by atoms with Gasteiger partial charge in [-0.15, -0.1) is 0 Å². The van der Waals surface area contributed by atoms with Crippen molar-refractivity contribution in [3.8, 4) is 0 Å². The number of carbonyl (C=O) groups is 2. The number of pyridine rings is 2. The van der Waals surface area contributed by atoms with E-state index >= 15 is 0 Å². The Morgan fingerprint density at radius 2 is 1.94 bits per heavy atom. The summed E-state index contributed by atoms with van der Waals surface area (Å²) in [6.45, 7) is 4.01. The van der Waals surface area contributed by atoms with Gasteiger partial charge in [-0.1, -0.05) is 36.4 Å². The van der Waals surface area contributed by atoms with Gasteiger partial charge in [0.1, 0.15) is 17.9 Å². The summed E-state index contributed by atoms with van der Waals surface area (Å²) in [4.78, 5) is 42.9. The number of aryl methyl sites for hydroxylation is 2. The lowest BCUT2D eigenvalue weighted by molar-refractivity contribution is -0.122. The number of nitrogens with one attached hydrogen (secondary N) is 2. The van der Waals surface area contributed by atoms with Crippen LogP contribution in [-0.4, -0.2) is 25.8 Å². The van der Waals surface area contributed by atoms with Gasteiger partial charge in [-0.2, -0.15) is 0 Å². The number of fused-ring (bicyclic) bond motifs is 2. The van der Waals surface area contributed by atoms with E-state index in [9.17, 15) is 14.4 Å². The van der Waals surface area contributed by atoms with Gasteiger partial charge in [0.25, 0.3) is 5.56 Å². The van der Waals surface area contributed by atoms with Gasteiger partial charge in [0.15, 0.2) is 0 Å². The van der Waals surface area contributed by atoms with E-state index in [1.165, 1.54) is 4.57 Å². The van der Waals surface area contributed by atoms with Crippen LogP contribution in [0.5, 0.6) is 0 Å². The molecule has 1 atom stereocenters. The van der Waals surface area contributed by atoms with E-state index in [0.29, 0.717) is 25.1 Å². The Balaban J connectivity index is 1.30. The summed E-state index contributed by atoms with van der Waals surface area (Å²) >= 11 is 0. The number of aromatic nitrogens is 3. The van der Waals surface area contributed by atoms with E-state index in [4.69, 9.17) is 0 Å². The minimum Gasteiger partial charge on any atom is -0.350 e. The van der Waals surface area contributed by atoms with Crippen LogP contribution in [0.3, 0.4) is 0 Å². The average Bonchev–Trinajstić information content (AvgIpc) is 3.33. The largest absolute Gasteiger partial charge is 0.350 e. The normalized spacial score (nSPS) is 15.0. The van der Waals surface area contributed by atoms with Crippen LogP contribution in [0.2, 0.25) is 0 Å². The molecule has 1 aliphatic rings. The zero-order valence-corrected chi connectivity index (χ0v) is 19.7. The van der Waals surface area contributed by atoms with Gasteiger partial charge in [-0.05, 0) is 55.5 Å². The van der Waals surface area contributed by atoms with Crippen molar-refractivity contribution in [1.82, 2.24) is 19.3 Å². The maximum Gasteiger partial charge on any atom is 0.275 e. The van der Waals surface area contributed by atoms with Gasteiger partial charge < -0.3 is 19.6 Å². The zero-order chi connectivity index (χ0) is 24.5. The lowest BCUT2D eigenvalue weighted by Crippen LogP contribution is -2.39. The minimum atomic E-state index is -0.349. The Morgan fingerprint density at radius 3 is 2.74 bits per heavy atom. The van der Waals surface area contributed by atoms with Crippen LogP contribution in [0, 0.1) is 19.8 Å². The number of nitrogens with zero attached hydrogens (tertiary/aromatic N) is 3. The van der Waals surface area contributed by atoms with Crippen molar-refractivity contribution in [3.63, 3.8) is 0 Å². The molecule has 0 fully saturated rings. The van der Waals surface area contributed by atoms with Crippen LogP contribution in [0.1, 0.15) is 28.1 Å². The Kier molecular flexibility index (Phi) is 5.94. The van der Waals surface area contributed by atoms with E-state index < -0.39 is 0 Å². The van der Waals surface area contributed by atoms with Crippen molar-refractivity contribution in [2.75, 3.05) is 5.32 Å². The molecule has 1 unspecified atom stereocenters. The zero-order valence-electron chi connectivity index (χ0n) is 19.7. The number of rotatable bonds is 6. The highest BCUT2D eigenvalue weighted by atomic mass is 16.2. The second kappa shape index (κ2) is 9.21. The standard InChI is InChI=1S/C27H27N5O3/c1-17-12-21-14-22(13-19-6-4-3-5-7-19)26(34)30-25(21)27(35)32(17)16-24(33)29-15-20-8-9-23-28-10-11-31(23)18(20)2/h3-12,22H,13-16H2,1-2H3,(H,29,33)(H,30,34). The molecule has 4 aromatic rings. The number of amides is 2. The van der Waals surface area contributed by atoms with E-state index in [-0.39, 0.29) is 35.5 Å². The molecule has 2 amide bonds. The number of benzene rings is 1. The van der Waals surface area contributed by atoms with Gasteiger partial charge in [0.2, 0.25) is 11.8 Å². The summed E-state index contributed by atoms with van der Waals surface area (Å²) in [5.41, 5.74) is 5.33. The van der Waals surface area contributed by atoms with Crippen molar-refractivity contribution in [2.24, 2.45) is 5.92 Å². The molecule has 0 bridgehead atoms. The fourth-order valence-corrected chi connectivity index (χ4v) is 4.73. The van der Waals surface area contributed by atoms with E-state index in [1.54, 1.807) is 6.20 Å². The lowest BCUT2D eigenvalue weighted by atomic mass is 9.88. The van der Waals surface area contributed by atoms with Crippen molar-refractivity contribution in [1.29, 1.82) is 0 Å². The average molecular weight is 470 g/mol. The molecular weight excluding hydrogens is 442 g/mol. The van der Waals surface area contributed by atoms with E-state index in [2.05, 4.69) is 15.6 Å². The van der Waals surface area contributed by atoms with Crippen molar-refractivity contribution < 1.29 is 9.59 Å². The van der Waals surface area contributed by atoms with Gasteiger partial charge >= 0.3 is 0 Å². The molecular formula is C27H27N5O3. The minimum absolute atomic E-state index is 0.117. The maximum absolute atomic E-state index is 13.2. The summed E-state index contributed by atoms with van der Waals surface area (Å²) in [5.74, 6) is -0.674. The van der Waals surface area contributed by atoms with Crippen LogP contribution in [0.25, 0.3) is 5.65 Å². The molecule has 0 saturated carbocycles. The number of anilines is 1. The third-order valence-electron chi connectivity index (χ3n) is 6.71. The van der Waals surface area contributed by atoms with Crippen LogP contribution in [0.4, 0.5) is 5.69 Å². The first-order chi connectivity index (χ1) is 16.9. The third kappa shape index (κ3) is 4.47. The lowest BCUT2D eigenvalue weighted by Gasteiger charge is -2.26. The van der Waals surface area contributed by atoms with Crippen molar-refractivity contribution in [3.05, 3.63) is 99.4 Å². The van der Waals surface area contributed by atoms with Gasteiger partial charge in [0, 0.05) is 36.2 Å². The molecule has 8 nitrogen and oxygen atoms in total. The molecule has 0 aliphatic carbocycles. The Hall–Kier alpha value is -4.20. The van der Waals surface area contributed by atoms with Crippen molar-refractivity contribution >= 4 is 23.1 Å². The second-order valence-corrected chi connectivity index (χ2v) is 9.03. The summed E-state index contributed by atoms with van der Waals surface area (Å²) in [7, 11) is 0. The van der Waals surface area contributed by atoms with Crippen LogP contribution < -0.4 is 16.2 Å². The molecule has 2 N–H and O–H groups in total. The molecule has 178 valence electrons. The molecule has 1 aromatic carbocycles. The Morgan fingerprint density at radius 1 is 1.14 bits per heavy atom. The molecule has 3 aromatic heterocycles. The third-order valence-corrected chi connectivity index (χ3v) is 6.71. The number of imidazole rings is 1. The molecule has 1 aliphatic heterocycles. The second-order valence-electron chi connectivity index (χ2n) is 9.03. The molecule has 5 rings (SSSR count). The smallest absolute Gasteiger partial charge is 0.275 e. The summed E-state index contributed by atoms with van der Waals surface area (Å²) in [6.07, 6.45) is 4.72. The predicted molar refractivity (Wildman–Crippen MR) is 133 cm³/mol. The van der Waals surface area contributed by atoms with Crippen LogP contribution in [0.15, 0.2) is 65.7 Å². The molecule has 8 heteroatoms. The van der Waals surface area contributed by atoms with Crippen LogP contribution >= 0.6 is 0 Å². The van der Waals surface area contributed by atoms with E-state index in [0.717, 1.165) is 28.0 Å². The fraction of sp³-hybridized carbons (Fsp3) is 0.259. The number of hydrogen-bond donors (Lipinski definition) is 2. The number of carbonyl (C=O) groups excluding carboxylic acids is 2. The monoisotopic (exact) mass is 469 g/mol. The first-order valence-electron chi connectivity index (χ1n) is 11.7. The Bertz CT molecular complexity index is 1490. The summed E-state index contributed by atoms with van der Waals surface area (Å²) in [6, 6.07) is 15.6.